The Hall–Kier alpha value is -1.79. The number of aryl methyl sites for hydroxylation is 3. The molecule has 29 heavy (non-hydrogen) atoms. The summed E-state index contributed by atoms with van der Waals surface area (Å²) in [5, 5.41) is 0. The second-order valence-corrected chi connectivity index (χ2v) is 12.0. The number of carbonyl (C=O) groups is 1. The van der Waals surface area contributed by atoms with Gasteiger partial charge >= 0.3 is 0 Å². The highest BCUT2D eigenvalue weighted by Gasteiger charge is 2.31. The first-order valence-electron chi connectivity index (χ1n) is 9.66. The zero-order chi connectivity index (χ0) is 22.0. The van der Waals surface area contributed by atoms with Crippen LogP contribution in [0.2, 0.25) is 0 Å². The van der Waals surface area contributed by atoms with Gasteiger partial charge in [-0.05, 0) is 50.1 Å². The molecular formula is C23H30O4S2. The Morgan fingerprint density at radius 2 is 1.62 bits per heavy atom. The Bertz CT molecular complexity index is 988. The van der Waals surface area contributed by atoms with E-state index in [0.717, 1.165) is 22.3 Å². The van der Waals surface area contributed by atoms with Crippen molar-refractivity contribution in [2.45, 2.75) is 65.2 Å². The van der Waals surface area contributed by atoms with Gasteiger partial charge in [-0.25, -0.2) is 8.42 Å². The van der Waals surface area contributed by atoms with Crippen molar-refractivity contribution in [1.29, 1.82) is 0 Å². The Kier molecular flexibility index (Phi) is 7.23. The third-order valence-corrected chi connectivity index (χ3v) is 7.50. The lowest BCUT2D eigenvalue weighted by molar-refractivity contribution is -0.122. The Morgan fingerprint density at radius 3 is 2.17 bits per heavy atom. The largest absolute Gasteiger partial charge is 0.410 e. The monoisotopic (exact) mass is 434 g/mol. The van der Waals surface area contributed by atoms with Crippen LogP contribution < -0.4 is 4.18 Å². The van der Waals surface area contributed by atoms with Gasteiger partial charge in [0.05, 0.1) is 4.90 Å². The second kappa shape index (κ2) is 8.92. The van der Waals surface area contributed by atoms with E-state index in [1.165, 1.54) is 0 Å². The maximum absolute atomic E-state index is 12.7. The molecule has 6 heteroatoms. The Labute approximate surface area is 178 Å². The van der Waals surface area contributed by atoms with Crippen LogP contribution in [0.15, 0.2) is 41.3 Å². The predicted molar refractivity (Wildman–Crippen MR) is 120 cm³/mol. The number of carbonyl (C=O) groups excluding carboxylic acids is 1. The fraction of sp³-hybridized carbons (Fsp3) is 0.435. The van der Waals surface area contributed by atoms with Gasteiger partial charge in [0.1, 0.15) is 11.5 Å². The van der Waals surface area contributed by atoms with Crippen molar-refractivity contribution in [2.75, 3.05) is 0 Å². The zero-order valence-electron chi connectivity index (χ0n) is 18.2. The molecule has 2 rings (SSSR count). The van der Waals surface area contributed by atoms with Crippen molar-refractivity contribution in [1.82, 2.24) is 0 Å². The van der Waals surface area contributed by atoms with Crippen LogP contribution in [0.3, 0.4) is 0 Å². The van der Waals surface area contributed by atoms with E-state index < -0.39 is 14.3 Å². The number of Topliss-reactive ketones (excluding diaryl/α,β-unsaturated/α-hetero) is 1. The van der Waals surface area contributed by atoms with E-state index in [1.807, 2.05) is 60.6 Å². The summed E-state index contributed by atoms with van der Waals surface area (Å²) < 4.78 is 31.2. The van der Waals surface area contributed by atoms with Gasteiger partial charge in [-0.1, -0.05) is 51.5 Å². The number of rotatable bonds is 8. The summed E-state index contributed by atoms with van der Waals surface area (Å²) in [6, 6.07) is 10.5. The number of benzene rings is 2. The molecule has 0 spiro atoms. The van der Waals surface area contributed by atoms with E-state index in [2.05, 4.69) is 0 Å². The Balaban J connectivity index is 2.38. The summed E-state index contributed by atoms with van der Waals surface area (Å²) in [4.78, 5) is 12.6. The summed E-state index contributed by atoms with van der Waals surface area (Å²) in [5.74, 6) is 0.603. The SMILES string of the molecule is Cc1ccc(S(=O)(=O)SOc2cc(C)cc(C)c2C(C)(C)CC(=O)C(C)C)cc1. The van der Waals surface area contributed by atoms with Gasteiger partial charge in [0.15, 0.2) is 11.1 Å². The Morgan fingerprint density at radius 1 is 1.03 bits per heavy atom. The van der Waals surface area contributed by atoms with Crippen LogP contribution in [0.25, 0.3) is 0 Å². The van der Waals surface area contributed by atoms with Crippen LogP contribution in [-0.4, -0.2) is 14.2 Å². The maximum Gasteiger partial charge on any atom is 0.266 e. The molecule has 0 unspecified atom stereocenters. The highest BCUT2D eigenvalue weighted by Crippen LogP contribution is 2.40. The summed E-state index contributed by atoms with van der Waals surface area (Å²) in [7, 11) is -3.67. The topological polar surface area (TPSA) is 60.4 Å². The fourth-order valence-corrected chi connectivity index (χ4v) is 5.32. The molecule has 0 aliphatic rings. The molecule has 158 valence electrons. The third-order valence-electron chi connectivity index (χ3n) is 4.90. The van der Waals surface area contributed by atoms with Crippen molar-refractivity contribution in [2.24, 2.45) is 5.92 Å². The molecule has 0 radical (unpaired) electrons. The van der Waals surface area contributed by atoms with E-state index in [4.69, 9.17) is 4.18 Å². The van der Waals surface area contributed by atoms with Crippen molar-refractivity contribution in [3.63, 3.8) is 0 Å². The normalized spacial score (nSPS) is 12.3. The molecule has 0 heterocycles. The molecule has 0 saturated heterocycles. The van der Waals surface area contributed by atoms with Gasteiger partial charge < -0.3 is 4.18 Å². The summed E-state index contributed by atoms with van der Waals surface area (Å²) >= 11 is 0.451. The lowest BCUT2D eigenvalue weighted by Crippen LogP contribution is -2.26. The molecule has 0 N–H and O–H groups in total. The molecule has 2 aromatic carbocycles. The highest BCUT2D eigenvalue weighted by molar-refractivity contribution is 8.70. The lowest BCUT2D eigenvalue weighted by atomic mass is 9.76. The smallest absolute Gasteiger partial charge is 0.266 e. The molecule has 0 atom stereocenters. The van der Waals surface area contributed by atoms with Gasteiger partial charge in [0.2, 0.25) is 0 Å². The standard InChI is InChI=1S/C23H30O4S2/c1-15(2)20(24)14-23(6,7)22-18(5)12-17(4)13-21(22)27-28-29(25,26)19-10-8-16(3)9-11-19/h8-13,15H,14H2,1-7H3. The average molecular weight is 435 g/mol. The van der Waals surface area contributed by atoms with Gasteiger partial charge in [-0.2, -0.15) is 0 Å². The summed E-state index contributed by atoms with van der Waals surface area (Å²) in [6.07, 6.45) is 0.361. The lowest BCUT2D eigenvalue weighted by Gasteiger charge is -2.29. The molecule has 0 amide bonds. The minimum Gasteiger partial charge on any atom is -0.410 e. The first-order valence-corrected chi connectivity index (χ1v) is 12.4. The molecular weight excluding hydrogens is 404 g/mol. The molecule has 4 nitrogen and oxygen atoms in total. The van der Waals surface area contributed by atoms with Crippen molar-refractivity contribution < 1.29 is 17.4 Å². The number of hydrogen-bond acceptors (Lipinski definition) is 5. The minimum absolute atomic E-state index is 0.0549. The fourth-order valence-electron chi connectivity index (χ4n) is 3.42. The zero-order valence-corrected chi connectivity index (χ0v) is 19.8. The number of hydrogen-bond donors (Lipinski definition) is 0. The first kappa shape index (κ1) is 23.5. The summed E-state index contributed by atoms with van der Waals surface area (Å²) in [6.45, 7) is 13.6. The van der Waals surface area contributed by atoms with Crippen LogP contribution in [0.5, 0.6) is 5.75 Å². The molecule has 2 aromatic rings. The van der Waals surface area contributed by atoms with Gasteiger partial charge in [0.25, 0.3) is 8.87 Å². The van der Waals surface area contributed by atoms with Gasteiger partial charge in [-0.15, -0.1) is 0 Å². The number of ketones is 1. The first-order chi connectivity index (χ1) is 13.3. The van der Waals surface area contributed by atoms with E-state index >= 15 is 0 Å². The average Bonchev–Trinajstić information content (AvgIpc) is 2.59. The molecule has 0 aromatic heterocycles. The second-order valence-electron chi connectivity index (χ2n) is 8.56. The summed E-state index contributed by atoms with van der Waals surface area (Å²) in [5.41, 5.74) is 3.32. The van der Waals surface area contributed by atoms with Crippen LogP contribution in [0.1, 0.15) is 56.4 Å². The van der Waals surface area contributed by atoms with Crippen molar-refractivity contribution in [3.05, 3.63) is 58.7 Å². The third kappa shape index (κ3) is 5.86. The minimum atomic E-state index is -3.67. The molecule has 0 saturated carbocycles. The molecule has 0 bridgehead atoms. The molecule has 0 aliphatic carbocycles. The van der Waals surface area contributed by atoms with E-state index in [9.17, 15) is 13.2 Å². The van der Waals surface area contributed by atoms with Crippen LogP contribution in [0.4, 0.5) is 0 Å². The predicted octanol–water partition coefficient (Wildman–Crippen LogP) is 5.92. The van der Waals surface area contributed by atoms with Crippen LogP contribution in [0, 0.1) is 26.7 Å². The van der Waals surface area contributed by atoms with Crippen molar-refractivity contribution in [3.8, 4) is 5.75 Å². The maximum atomic E-state index is 12.7. The highest BCUT2D eigenvalue weighted by atomic mass is 33.1. The van der Waals surface area contributed by atoms with Gasteiger partial charge in [-0.3, -0.25) is 4.79 Å². The molecule has 0 aliphatic heterocycles. The molecule has 0 fully saturated rings. The quantitative estimate of drug-likeness (QED) is 0.381. The van der Waals surface area contributed by atoms with E-state index in [0.29, 0.717) is 23.2 Å². The van der Waals surface area contributed by atoms with Gasteiger partial charge in [0, 0.05) is 23.3 Å². The van der Waals surface area contributed by atoms with E-state index in [1.54, 1.807) is 24.3 Å². The van der Waals surface area contributed by atoms with Crippen molar-refractivity contribution >= 4 is 25.7 Å². The van der Waals surface area contributed by atoms with Crippen LogP contribution >= 0.6 is 11.1 Å². The van der Waals surface area contributed by atoms with E-state index in [-0.39, 0.29) is 16.6 Å². The van der Waals surface area contributed by atoms with Crippen LogP contribution in [-0.2, 0) is 19.1 Å².